The average Bonchev–Trinajstić information content (AvgIpc) is 2.44. The van der Waals surface area contributed by atoms with Crippen LogP contribution in [0, 0.1) is 0 Å². The molecule has 0 fully saturated rings. The van der Waals surface area contributed by atoms with E-state index >= 15 is 0 Å². The molecule has 10 heteroatoms. The molecule has 0 amide bonds. The molecule has 10 N–H and O–H groups in total. The van der Waals surface area contributed by atoms with Gasteiger partial charge in [0.15, 0.2) is 0 Å². The van der Waals surface area contributed by atoms with Crippen LogP contribution >= 0.6 is 0 Å². The fourth-order valence-corrected chi connectivity index (χ4v) is 0. The van der Waals surface area contributed by atoms with Gasteiger partial charge in [-0.2, -0.15) is 0 Å². The SMILES string of the molecule is C=C.C=C.C=C.C=C.CC(=O)O.CC(=O)O.CC(=O)O.CC(=O)O.N.N. The first-order valence-electron chi connectivity index (χ1n) is 5.71. The monoisotopic (exact) mass is 386 g/mol. The Labute approximate surface area is 157 Å². The maximum absolute atomic E-state index is 9.00. The van der Waals surface area contributed by atoms with Crippen LogP contribution in [0.1, 0.15) is 27.7 Å². The van der Waals surface area contributed by atoms with Crippen LogP contribution in [0.4, 0.5) is 0 Å². The third-order valence-corrected chi connectivity index (χ3v) is 0. The lowest BCUT2D eigenvalue weighted by Crippen LogP contribution is -1.78. The van der Waals surface area contributed by atoms with Crippen LogP contribution in [0.3, 0.4) is 0 Å². The maximum Gasteiger partial charge on any atom is 0.300 e. The van der Waals surface area contributed by atoms with Crippen LogP contribution in [0.15, 0.2) is 52.6 Å². The van der Waals surface area contributed by atoms with Crippen molar-refractivity contribution in [2.24, 2.45) is 0 Å². The smallest absolute Gasteiger partial charge is 0.300 e. The number of hydrogen-bond acceptors (Lipinski definition) is 6. The summed E-state index contributed by atoms with van der Waals surface area (Å²) in [5, 5.41) is 29.7. The molecule has 0 saturated heterocycles. The van der Waals surface area contributed by atoms with E-state index in [2.05, 4.69) is 52.6 Å². The van der Waals surface area contributed by atoms with Gasteiger partial charge in [-0.25, -0.2) is 0 Å². The van der Waals surface area contributed by atoms with Crippen LogP contribution < -0.4 is 12.3 Å². The van der Waals surface area contributed by atoms with Crippen molar-refractivity contribution in [3.63, 3.8) is 0 Å². The van der Waals surface area contributed by atoms with Gasteiger partial charge in [-0.3, -0.25) is 19.2 Å². The standard InChI is InChI=1S/4C2H4O2.4C2H4.2H3N/c4*1-2(3)4;4*1-2;;/h4*1H3,(H,3,4);4*1-2H2;2*1H3. The third-order valence-electron chi connectivity index (χ3n) is 0. The number of carbonyl (C=O) groups is 4. The van der Waals surface area contributed by atoms with E-state index in [1.54, 1.807) is 0 Å². The van der Waals surface area contributed by atoms with Gasteiger partial charge < -0.3 is 32.7 Å². The highest BCUT2D eigenvalue weighted by atomic mass is 16.4. The quantitative estimate of drug-likeness (QED) is 0.329. The molecule has 0 atom stereocenters. The zero-order valence-corrected chi connectivity index (χ0v) is 16.5. The lowest BCUT2D eigenvalue weighted by Gasteiger charge is -1.59. The minimum atomic E-state index is -0.833. The summed E-state index contributed by atoms with van der Waals surface area (Å²) in [7, 11) is 0. The normalized spacial score (nSPS) is 4.46. The molecule has 0 aromatic carbocycles. The molecule has 0 aromatic heterocycles. The van der Waals surface area contributed by atoms with Gasteiger partial charge in [-0.1, -0.05) is 0 Å². The summed E-state index contributed by atoms with van der Waals surface area (Å²) in [4.78, 5) is 36.0. The van der Waals surface area contributed by atoms with E-state index in [0.29, 0.717) is 0 Å². The second-order valence-corrected chi connectivity index (χ2v) is 2.08. The first-order chi connectivity index (χ1) is 10.9. The number of aliphatic carboxylic acids is 4. The van der Waals surface area contributed by atoms with Crippen LogP contribution in [0.5, 0.6) is 0 Å². The Balaban J connectivity index is -0.0000000142. The Morgan fingerprint density at radius 1 is 0.423 bits per heavy atom. The number of carboxylic acid groups (broad SMARTS) is 4. The number of carboxylic acids is 4. The van der Waals surface area contributed by atoms with Crippen molar-refractivity contribution in [2.45, 2.75) is 27.7 Å². The second-order valence-electron chi connectivity index (χ2n) is 2.08. The average molecular weight is 386 g/mol. The molecule has 0 aliphatic carbocycles. The van der Waals surface area contributed by atoms with E-state index in [0.717, 1.165) is 27.7 Å². The molecule has 0 aliphatic rings. The van der Waals surface area contributed by atoms with Crippen molar-refractivity contribution >= 4 is 23.9 Å². The van der Waals surface area contributed by atoms with Crippen LogP contribution in [0.2, 0.25) is 0 Å². The lowest BCUT2D eigenvalue weighted by molar-refractivity contribution is -0.135. The molecule has 0 spiro atoms. The molecule has 0 rings (SSSR count). The van der Waals surface area contributed by atoms with E-state index in [-0.39, 0.29) is 12.3 Å². The third kappa shape index (κ3) is 772. The predicted octanol–water partition coefficient (Wildman–Crippen LogP) is 3.90. The highest BCUT2D eigenvalue weighted by molar-refractivity contribution is 5.63. The fraction of sp³-hybridized carbons (Fsp3) is 0.250. The first-order valence-corrected chi connectivity index (χ1v) is 5.71. The summed E-state index contributed by atoms with van der Waals surface area (Å²) in [5.74, 6) is -3.33. The van der Waals surface area contributed by atoms with E-state index < -0.39 is 23.9 Å². The Morgan fingerprint density at radius 2 is 0.423 bits per heavy atom. The van der Waals surface area contributed by atoms with E-state index in [4.69, 9.17) is 39.6 Å². The highest BCUT2D eigenvalue weighted by Crippen LogP contribution is 1.43. The summed E-state index contributed by atoms with van der Waals surface area (Å²) >= 11 is 0. The minimum absolute atomic E-state index is 0. The van der Waals surface area contributed by atoms with Gasteiger partial charge in [0.1, 0.15) is 0 Å². The molecule has 10 nitrogen and oxygen atoms in total. The maximum atomic E-state index is 9.00. The van der Waals surface area contributed by atoms with Crippen LogP contribution in [-0.2, 0) is 19.2 Å². The van der Waals surface area contributed by atoms with E-state index in [9.17, 15) is 0 Å². The van der Waals surface area contributed by atoms with Crippen molar-refractivity contribution in [2.75, 3.05) is 0 Å². The summed E-state index contributed by atoms with van der Waals surface area (Å²) in [5.41, 5.74) is 0. The van der Waals surface area contributed by atoms with Crippen molar-refractivity contribution < 1.29 is 39.6 Å². The van der Waals surface area contributed by atoms with Crippen molar-refractivity contribution in [1.29, 1.82) is 0 Å². The zero-order chi connectivity index (χ0) is 22.3. The van der Waals surface area contributed by atoms with Crippen LogP contribution in [-0.4, -0.2) is 44.3 Å². The van der Waals surface area contributed by atoms with Gasteiger partial charge in [0.25, 0.3) is 23.9 Å². The van der Waals surface area contributed by atoms with Crippen molar-refractivity contribution in [3.8, 4) is 0 Å². The molecule has 0 unspecified atom stereocenters. The molecule has 0 saturated carbocycles. The Kier molecular flexibility index (Phi) is 311. The van der Waals surface area contributed by atoms with Gasteiger partial charge in [0.05, 0.1) is 0 Å². The first kappa shape index (κ1) is 66.2. The Morgan fingerprint density at radius 3 is 0.423 bits per heavy atom. The number of rotatable bonds is 0. The molecule has 0 heterocycles. The predicted molar refractivity (Wildman–Crippen MR) is 108 cm³/mol. The molecule has 0 aliphatic heterocycles. The fourth-order valence-electron chi connectivity index (χ4n) is 0. The topological polar surface area (TPSA) is 219 Å². The van der Waals surface area contributed by atoms with Gasteiger partial charge in [-0.15, -0.1) is 52.6 Å². The minimum Gasteiger partial charge on any atom is -0.481 e. The van der Waals surface area contributed by atoms with E-state index in [1.165, 1.54) is 0 Å². The van der Waals surface area contributed by atoms with Gasteiger partial charge in [0.2, 0.25) is 0 Å². The van der Waals surface area contributed by atoms with Gasteiger partial charge in [-0.05, 0) is 0 Å². The lowest BCUT2D eigenvalue weighted by atomic mass is 10.9. The number of hydrogen-bond donors (Lipinski definition) is 6. The molecular weight excluding hydrogens is 348 g/mol. The molecule has 0 radical (unpaired) electrons. The summed E-state index contributed by atoms with van der Waals surface area (Å²) in [6.07, 6.45) is 0. The Bertz CT molecular complexity index is 213. The zero-order valence-electron chi connectivity index (χ0n) is 16.5. The largest absolute Gasteiger partial charge is 0.481 e. The molecular formula is C16H38N2O8. The molecule has 26 heavy (non-hydrogen) atoms. The van der Waals surface area contributed by atoms with Gasteiger partial charge in [0, 0.05) is 27.7 Å². The second kappa shape index (κ2) is 122. The van der Waals surface area contributed by atoms with Gasteiger partial charge >= 0.3 is 0 Å². The summed E-state index contributed by atoms with van der Waals surface area (Å²) in [6, 6.07) is 0. The molecule has 160 valence electrons. The summed E-state index contributed by atoms with van der Waals surface area (Å²) < 4.78 is 0. The Hall–Kier alpha value is -3.24. The molecule has 0 bridgehead atoms. The molecule has 0 aromatic rings. The van der Waals surface area contributed by atoms with Crippen molar-refractivity contribution in [1.82, 2.24) is 12.3 Å². The van der Waals surface area contributed by atoms with E-state index in [1.807, 2.05) is 0 Å². The summed E-state index contributed by atoms with van der Waals surface area (Å²) in [6.45, 7) is 28.3. The highest BCUT2D eigenvalue weighted by Gasteiger charge is 1.66. The van der Waals surface area contributed by atoms with Crippen LogP contribution in [0.25, 0.3) is 0 Å². The van der Waals surface area contributed by atoms with Crippen molar-refractivity contribution in [3.05, 3.63) is 52.6 Å².